The smallest absolute Gasteiger partial charge is 0.226 e. The second-order valence-electron chi connectivity index (χ2n) is 8.26. The van der Waals surface area contributed by atoms with Crippen LogP contribution in [0.15, 0.2) is 48.5 Å². The molecule has 0 bridgehead atoms. The molecule has 154 valence electrons. The van der Waals surface area contributed by atoms with Gasteiger partial charge in [-0.25, -0.2) is 5.43 Å². The molecular formula is C24H28N6. The van der Waals surface area contributed by atoms with E-state index >= 15 is 0 Å². The van der Waals surface area contributed by atoms with E-state index in [0.717, 1.165) is 44.1 Å². The predicted molar refractivity (Wildman–Crippen MR) is 122 cm³/mol. The Morgan fingerprint density at radius 1 is 1.10 bits per heavy atom. The van der Waals surface area contributed by atoms with E-state index in [1.165, 1.54) is 27.8 Å². The number of rotatable bonds is 6. The first-order chi connectivity index (χ1) is 14.7. The van der Waals surface area contributed by atoms with Gasteiger partial charge in [-0.2, -0.15) is 9.97 Å². The van der Waals surface area contributed by atoms with Crippen molar-refractivity contribution in [2.24, 2.45) is 0 Å². The molecule has 0 saturated carbocycles. The lowest BCUT2D eigenvalue weighted by Crippen LogP contribution is -2.34. The van der Waals surface area contributed by atoms with Crippen LogP contribution in [-0.2, 0) is 13.0 Å². The van der Waals surface area contributed by atoms with Crippen molar-refractivity contribution in [1.82, 2.24) is 15.4 Å². The Hall–Kier alpha value is -3.12. The molecule has 1 atom stereocenters. The summed E-state index contributed by atoms with van der Waals surface area (Å²) in [5, 5.41) is 3.45. The van der Waals surface area contributed by atoms with E-state index in [4.69, 9.17) is 9.97 Å². The Morgan fingerprint density at radius 2 is 1.97 bits per heavy atom. The number of nitrogens with zero attached hydrogens (tertiary/aromatic N) is 3. The summed E-state index contributed by atoms with van der Waals surface area (Å²) in [4.78, 5) is 12.0. The van der Waals surface area contributed by atoms with E-state index in [1.807, 2.05) is 0 Å². The maximum Gasteiger partial charge on any atom is 0.226 e. The summed E-state index contributed by atoms with van der Waals surface area (Å²) in [5.41, 5.74) is 13.1. The van der Waals surface area contributed by atoms with Crippen LogP contribution >= 0.6 is 0 Å². The van der Waals surface area contributed by atoms with E-state index in [0.29, 0.717) is 5.95 Å². The first kappa shape index (κ1) is 18.9. The topological polar surface area (TPSA) is 65.1 Å². The third kappa shape index (κ3) is 3.71. The second kappa shape index (κ2) is 7.95. The van der Waals surface area contributed by atoms with Gasteiger partial charge < -0.3 is 15.6 Å². The Labute approximate surface area is 177 Å². The fraction of sp³-hybridized carbons (Fsp3) is 0.333. The van der Waals surface area contributed by atoms with Gasteiger partial charge in [0.2, 0.25) is 5.95 Å². The normalized spacial score (nSPS) is 16.9. The zero-order valence-corrected chi connectivity index (χ0v) is 17.6. The van der Waals surface area contributed by atoms with Crippen LogP contribution in [0.2, 0.25) is 0 Å². The predicted octanol–water partition coefficient (Wildman–Crippen LogP) is 4.13. The van der Waals surface area contributed by atoms with E-state index < -0.39 is 0 Å². The molecule has 6 nitrogen and oxygen atoms in total. The fourth-order valence-electron chi connectivity index (χ4n) is 4.37. The van der Waals surface area contributed by atoms with E-state index in [9.17, 15) is 0 Å². The second-order valence-corrected chi connectivity index (χ2v) is 8.26. The van der Waals surface area contributed by atoms with Crippen molar-refractivity contribution >= 4 is 17.6 Å². The van der Waals surface area contributed by atoms with Gasteiger partial charge in [-0.05, 0) is 43.4 Å². The molecule has 6 heteroatoms. The third-order valence-electron chi connectivity index (χ3n) is 6.02. The van der Waals surface area contributed by atoms with Crippen molar-refractivity contribution in [1.29, 1.82) is 0 Å². The van der Waals surface area contributed by atoms with Crippen molar-refractivity contribution in [2.75, 3.05) is 28.7 Å². The van der Waals surface area contributed by atoms with Crippen LogP contribution in [-0.4, -0.2) is 23.1 Å². The number of aromatic nitrogens is 2. The van der Waals surface area contributed by atoms with Gasteiger partial charge in [0.1, 0.15) is 5.82 Å². The SMILES string of the molecule is Cc1ccc(C)c(CCNc2nc3c4c(n2)N(Cc2ccccc2)CCC4NN3)c1. The molecule has 3 heterocycles. The number of benzene rings is 2. The minimum Gasteiger partial charge on any atom is -0.354 e. The third-order valence-corrected chi connectivity index (χ3v) is 6.02. The molecule has 1 aromatic heterocycles. The molecule has 0 saturated heterocycles. The summed E-state index contributed by atoms with van der Waals surface area (Å²) in [7, 11) is 0. The van der Waals surface area contributed by atoms with Gasteiger partial charge in [0.05, 0.1) is 11.6 Å². The molecular weight excluding hydrogens is 372 g/mol. The summed E-state index contributed by atoms with van der Waals surface area (Å²) in [6.45, 7) is 6.94. The van der Waals surface area contributed by atoms with Crippen molar-refractivity contribution in [3.8, 4) is 0 Å². The van der Waals surface area contributed by atoms with E-state index in [2.05, 4.69) is 83.4 Å². The highest BCUT2D eigenvalue weighted by Crippen LogP contribution is 2.41. The Bertz CT molecular complexity index is 1050. The Kier molecular flexibility index (Phi) is 5.01. The van der Waals surface area contributed by atoms with Gasteiger partial charge in [-0.15, -0.1) is 0 Å². The van der Waals surface area contributed by atoms with Gasteiger partial charge in [0.25, 0.3) is 0 Å². The molecule has 1 unspecified atom stereocenters. The maximum absolute atomic E-state index is 4.94. The summed E-state index contributed by atoms with van der Waals surface area (Å²) in [5.74, 6) is 2.62. The summed E-state index contributed by atoms with van der Waals surface area (Å²) >= 11 is 0. The van der Waals surface area contributed by atoms with Crippen LogP contribution in [0, 0.1) is 13.8 Å². The van der Waals surface area contributed by atoms with Gasteiger partial charge >= 0.3 is 0 Å². The maximum atomic E-state index is 4.94. The lowest BCUT2D eigenvalue weighted by atomic mass is 10.0. The lowest BCUT2D eigenvalue weighted by molar-refractivity contribution is 0.534. The summed E-state index contributed by atoms with van der Waals surface area (Å²) in [6, 6.07) is 17.5. The number of hydrogen-bond donors (Lipinski definition) is 3. The zero-order chi connectivity index (χ0) is 20.5. The van der Waals surface area contributed by atoms with Crippen LogP contribution in [0.5, 0.6) is 0 Å². The molecule has 0 spiro atoms. The largest absolute Gasteiger partial charge is 0.354 e. The zero-order valence-electron chi connectivity index (χ0n) is 17.6. The first-order valence-electron chi connectivity index (χ1n) is 10.7. The molecule has 0 amide bonds. The van der Waals surface area contributed by atoms with Crippen LogP contribution in [0.4, 0.5) is 17.6 Å². The molecule has 2 aliphatic rings. The fourth-order valence-corrected chi connectivity index (χ4v) is 4.37. The van der Waals surface area contributed by atoms with Crippen LogP contribution < -0.4 is 21.1 Å². The average molecular weight is 401 g/mol. The monoisotopic (exact) mass is 400 g/mol. The molecule has 3 aromatic rings. The molecule has 2 aromatic carbocycles. The first-order valence-corrected chi connectivity index (χ1v) is 10.7. The van der Waals surface area contributed by atoms with Gasteiger partial charge in [-0.1, -0.05) is 54.1 Å². The number of aryl methyl sites for hydroxylation is 2. The molecule has 0 aliphatic carbocycles. The minimum atomic E-state index is 0.283. The van der Waals surface area contributed by atoms with Crippen molar-refractivity contribution in [3.05, 3.63) is 76.3 Å². The number of nitrogens with one attached hydrogen (secondary N) is 3. The minimum absolute atomic E-state index is 0.283. The summed E-state index contributed by atoms with van der Waals surface area (Å²) < 4.78 is 0. The van der Waals surface area contributed by atoms with Gasteiger partial charge in [0.15, 0.2) is 5.82 Å². The van der Waals surface area contributed by atoms with Crippen molar-refractivity contribution < 1.29 is 0 Å². The Morgan fingerprint density at radius 3 is 2.83 bits per heavy atom. The highest BCUT2D eigenvalue weighted by molar-refractivity contribution is 5.67. The summed E-state index contributed by atoms with van der Waals surface area (Å²) in [6.07, 6.45) is 1.99. The van der Waals surface area contributed by atoms with E-state index in [1.54, 1.807) is 0 Å². The number of anilines is 3. The van der Waals surface area contributed by atoms with E-state index in [-0.39, 0.29) is 6.04 Å². The molecule has 5 rings (SSSR count). The average Bonchev–Trinajstić information content (AvgIpc) is 3.17. The lowest BCUT2D eigenvalue weighted by Gasteiger charge is -2.32. The number of hydrogen-bond acceptors (Lipinski definition) is 6. The quantitative estimate of drug-likeness (QED) is 0.578. The van der Waals surface area contributed by atoms with Gasteiger partial charge in [0, 0.05) is 19.6 Å². The van der Waals surface area contributed by atoms with Crippen molar-refractivity contribution in [2.45, 2.75) is 39.3 Å². The number of hydrazine groups is 1. The van der Waals surface area contributed by atoms with Crippen molar-refractivity contribution in [3.63, 3.8) is 0 Å². The molecule has 0 fully saturated rings. The van der Waals surface area contributed by atoms with Crippen LogP contribution in [0.1, 0.15) is 40.3 Å². The molecule has 0 radical (unpaired) electrons. The molecule has 3 N–H and O–H groups in total. The molecule has 2 aliphatic heterocycles. The highest BCUT2D eigenvalue weighted by atomic mass is 15.4. The van der Waals surface area contributed by atoms with Crippen LogP contribution in [0.3, 0.4) is 0 Å². The Balaban J connectivity index is 1.36. The van der Waals surface area contributed by atoms with Gasteiger partial charge in [-0.3, -0.25) is 0 Å². The molecule has 30 heavy (non-hydrogen) atoms. The van der Waals surface area contributed by atoms with Crippen LogP contribution in [0.25, 0.3) is 0 Å². The standard InChI is InChI=1S/C24H28N6/c1-16-8-9-17(2)19(14-16)10-12-25-24-26-22-21-20(28-29-22)11-13-30(23(21)27-24)15-18-6-4-3-5-7-18/h3-9,14,20,28H,10-13,15H2,1-2H3,(H2,25,26,27,29). The highest BCUT2D eigenvalue weighted by Gasteiger charge is 2.34.